The van der Waals surface area contributed by atoms with Crippen LogP contribution >= 0.6 is 23.2 Å². The van der Waals surface area contributed by atoms with E-state index in [-0.39, 0.29) is 11.9 Å². The van der Waals surface area contributed by atoms with Crippen molar-refractivity contribution in [3.8, 4) is 0 Å². The van der Waals surface area contributed by atoms with E-state index >= 15 is 0 Å². The van der Waals surface area contributed by atoms with Crippen molar-refractivity contribution in [2.24, 2.45) is 0 Å². The van der Waals surface area contributed by atoms with Gasteiger partial charge in [0.25, 0.3) is 0 Å². The van der Waals surface area contributed by atoms with E-state index in [9.17, 15) is 0 Å². The van der Waals surface area contributed by atoms with Gasteiger partial charge in [-0.3, -0.25) is 0 Å². The van der Waals surface area contributed by atoms with Crippen LogP contribution in [-0.4, -0.2) is 9.97 Å². The first kappa shape index (κ1) is 15.9. The van der Waals surface area contributed by atoms with Crippen molar-refractivity contribution in [1.29, 1.82) is 0 Å². The molecule has 112 valence electrons. The largest absolute Gasteiger partial charge is 0.383 e. The normalized spacial score (nSPS) is 12.4. The van der Waals surface area contributed by atoms with Crippen molar-refractivity contribution in [1.82, 2.24) is 9.97 Å². The van der Waals surface area contributed by atoms with E-state index in [2.05, 4.69) is 16.9 Å². The quantitative estimate of drug-likeness (QED) is 0.891. The van der Waals surface area contributed by atoms with E-state index in [0.29, 0.717) is 15.9 Å². The van der Waals surface area contributed by atoms with Crippen LogP contribution in [-0.2, 0) is 6.42 Å². The maximum Gasteiger partial charge on any atom is 0.222 e. The molecule has 21 heavy (non-hydrogen) atoms. The zero-order valence-corrected chi connectivity index (χ0v) is 13.5. The molecule has 6 heteroatoms. The molecule has 2 rings (SSSR count). The second kappa shape index (κ2) is 6.50. The molecule has 4 N–H and O–H groups in total. The molecule has 0 aliphatic carbocycles. The molecule has 4 nitrogen and oxygen atoms in total. The predicted octanol–water partition coefficient (Wildman–Crippen LogP) is 3.99. The maximum atomic E-state index is 6.24. The average molecular weight is 325 g/mol. The van der Waals surface area contributed by atoms with Crippen molar-refractivity contribution in [2.75, 3.05) is 11.5 Å². The summed E-state index contributed by atoms with van der Waals surface area (Å²) in [4.78, 5) is 8.17. The fraction of sp³-hybridized carbons (Fsp3) is 0.333. The Bertz CT molecular complexity index is 635. The van der Waals surface area contributed by atoms with E-state index in [4.69, 9.17) is 34.7 Å². The summed E-state index contributed by atoms with van der Waals surface area (Å²) in [7, 11) is 0. The van der Waals surface area contributed by atoms with Gasteiger partial charge in [-0.15, -0.1) is 0 Å². The summed E-state index contributed by atoms with van der Waals surface area (Å²) in [6, 6.07) is 5.58. The number of aryl methyl sites for hydroxylation is 1. The van der Waals surface area contributed by atoms with Crippen molar-refractivity contribution in [3.05, 3.63) is 45.1 Å². The Hall–Kier alpha value is -1.52. The topological polar surface area (TPSA) is 77.8 Å². The van der Waals surface area contributed by atoms with E-state index in [0.717, 1.165) is 29.7 Å². The van der Waals surface area contributed by atoms with Gasteiger partial charge in [-0.25, -0.2) is 4.98 Å². The van der Waals surface area contributed by atoms with E-state index in [1.54, 1.807) is 6.07 Å². The molecule has 0 amide bonds. The van der Waals surface area contributed by atoms with Crippen molar-refractivity contribution in [3.63, 3.8) is 0 Å². The van der Waals surface area contributed by atoms with Crippen LogP contribution in [0.3, 0.4) is 0 Å². The molecule has 2 aromatic rings. The lowest BCUT2D eigenvalue weighted by molar-refractivity contribution is 0.676. The molecule has 0 aliphatic heterocycles. The minimum atomic E-state index is 0.211. The SMILES string of the molecule is Cc1nc(N)nc(N)c1CCC(C)c1ccc(Cl)cc1Cl. The van der Waals surface area contributed by atoms with Crippen LogP contribution in [0.5, 0.6) is 0 Å². The Morgan fingerprint density at radius 3 is 2.52 bits per heavy atom. The standard InChI is InChI=1S/C15H18Cl2N4/c1-8(11-6-4-10(16)7-13(11)17)3-5-12-9(2)20-15(19)21-14(12)18/h4,6-8H,3,5H2,1-2H3,(H4,18,19,20,21). The number of benzene rings is 1. The molecule has 0 fully saturated rings. The maximum absolute atomic E-state index is 6.24. The van der Waals surface area contributed by atoms with E-state index in [1.807, 2.05) is 19.1 Å². The average Bonchev–Trinajstić information content (AvgIpc) is 2.36. The Labute approximate surface area is 134 Å². The van der Waals surface area contributed by atoms with Gasteiger partial charge in [0.2, 0.25) is 5.95 Å². The van der Waals surface area contributed by atoms with E-state index < -0.39 is 0 Å². The molecular formula is C15H18Cl2N4. The summed E-state index contributed by atoms with van der Waals surface area (Å²) in [6.45, 7) is 4.02. The zero-order valence-electron chi connectivity index (χ0n) is 12.0. The molecule has 0 aliphatic rings. The van der Waals surface area contributed by atoms with Gasteiger partial charge >= 0.3 is 0 Å². The number of nitrogens with two attached hydrogens (primary N) is 2. The second-order valence-electron chi connectivity index (χ2n) is 5.14. The number of nitrogen functional groups attached to an aromatic ring is 2. The van der Waals surface area contributed by atoms with Gasteiger partial charge in [0, 0.05) is 21.3 Å². The Balaban J connectivity index is 2.13. The van der Waals surface area contributed by atoms with Gasteiger partial charge < -0.3 is 11.5 Å². The highest BCUT2D eigenvalue weighted by Gasteiger charge is 2.13. The first-order chi connectivity index (χ1) is 9.88. The molecule has 1 aromatic heterocycles. The molecule has 0 saturated heterocycles. The van der Waals surface area contributed by atoms with Gasteiger partial charge in [0.05, 0.1) is 0 Å². The van der Waals surface area contributed by atoms with Crippen LogP contribution in [0.1, 0.15) is 36.1 Å². The highest BCUT2D eigenvalue weighted by atomic mass is 35.5. The lowest BCUT2D eigenvalue weighted by Gasteiger charge is -2.15. The fourth-order valence-electron chi connectivity index (χ4n) is 2.37. The summed E-state index contributed by atoms with van der Waals surface area (Å²) >= 11 is 12.2. The number of aromatic nitrogens is 2. The molecule has 1 aromatic carbocycles. The molecule has 0 spiro atoms. The van der Waals surface area contributed by atoms with Crippen LogP contribution in [0.2, 0.25) is 10.0 Å². The summed E-state index contributed by atoms with van der Waals surface area (Å²) in [6.07, 6.45) is 1.66. The van der Waals surface area contributed by atoms with Gasteiger partial charge in [-0.05, 0) is 43.4 Å². The van der Waals surface area contributed by atoms with Crippen LogP contribution in [0, 0.1) is 6.92 Å². The molecule has 0 saturated carbocycles. The Kier molecular flexibility index (Phi) is 4.91. The number of nitrogens with zero attached hydrogens (tertiary/aromatic N) is 2. The highest BCUT2D eigenvalue weighted by molar-refractivity contribution is 6.35. The van der Waals surface area contributed by atoms with Crippen LogP contribution < -0.4 is 11.5 Å². The van der Waals surface area contributed by atoms with Gasteiger partial charge in [0.15, 0.2) is 0 Å². The molecular weight excluding hydrogens is 307 g/mol. The summed E-state index contributed by atoms with van der Waals surface area (Å²) in [5.74, 6) is 0.947. The van der Waals surface area contributed by atoms with Crippen LogP contribution in [0.25, 0.3) is 0 Å². The minimum absolute atomic E-state index is 0.211. The van der Waals surface area contributed by atoms with Crippen LogP contribution in [0.15, 0.2) is 18.2 Å². The monoisotopic (exact) mass is 324 g/mol. The number of halogens is 2. The molecule has 1 unspecified atom stereocenters. The van der Waals surface area contributed by atoms with Crippen molar-refractivity contribution in [2.45, 2.75) is 32.6 Å². The molecule has 0 bridgehead atoms. The third-order valence-electron chi connectivity index (χ3n) is 3.58. The predicted molar refractivity (Wildman–Crippen MR) is 88.8 cm³/mol. The van der Waals surface area contributed by atoms with Gasteiger partial charge in [-0.1, -0.05) is 36.2 Å². The fourth-order valence-corrected chi connectivity index (χ4v) is 2.96. The number of rotatable bonds is 4. The molecule has 1 heterocycles. The lowest BCUT2D eigenvalue weighted by atomic mass is 9.94. The van der Waals surface area contributed by atoms with E-state index in [1.165, 1.54) is 0 Å². The third kappa shape index (κ3) is 3.77. The number of hydrogen-bond donors (Lipinski definition) is 2. The Morgan fingerprint density at radius 1 is 1.19 bits per heavy atom. The zero-order chi connectivity index (χ0) is 15.6. The molecule has 1 atom stereocenters. The van der Waals surface area contributed by atoms with Gasteiger partial charge in [0.1, 0.15) is 5.82 Å². The Morgan fingerprint density at radius 2 is 1.90 bits per heavy atom. The summed E-state index contributed by atoms with van der Waals surface area (Å²) in [5.41, 5.74) is 14.4. The first-order valence-corrected chi connectivity index (χ1v) is 7.47. The second-order valence-corrected chi connectivity index (χ2v) is 5.98. The van der Waals surface area contributed by atoms with Crippen molar-refractivity contribution < 1.29 is 0 Å². The third-order valence-corrected chi connectivity index (χ3v) is 4.15. The van der Waals surface area contributed by atoms with Crippen LogP contribution in [0.4, 0.5) is 11.8 Å². The van der Waals surface area contributed by atoms with Gasteiger partial charge in [-0.2, -0.15) is 4.98 Å². The van der Waals surface area contributed by atoms with Crippen molar-refractivity contribution >= 4 is 35.0 Å². The minimum Gasteiger partial charge on any atom is -0.383 e. The summed E-state index contributed by atoms with van der Waals surface area (Å²) < 4.78 is 0. The number of anilines is 2. The molecule has 0 radical (unpaired) electrons. The number of hydrogen-bond acceptors (Lipinski definition) is 4. The highest BCUT2D eigenvalue weighted by Crippen LogP contribution is 2.31. The smallest absolute Gasteiger partial charge is 0.222 e. The lowest BCUT2D eigenvalue weighted by Crippen LogP contribution is -2.08. The summed E-state index contributed by atoms with van der Waals surface area (Å²) in [5, 5.41) is 1.33. The first-order valence-electron chi connectivity index (χ1n) is 6.72.